The van der Waals surface area contributed by atoms with Gasteiger partial charge >= 0.3 is 6.09 Å². The van der Waals surface area contributed by atoms with E-state index in [9.17, 15) is 4.79 Å². The summed E-state index contributed by atoms with van der Waals surface area (Å²) in [7, 11) is 0. The summed E-state index contributed by atoms with van der Waals surface area (Å²) in [6.45, 7) is 6.41. The number of carbonyl (C=O) groups excluding carboxylic acids is 1. The molecule has 33 heavy (non-hydrogen) atoms. The Hall–Kier alpha value is -3.32. The molecule has 0 aliphatic rings. The van der Waals surface area contributed by atoms with Gasteiger partial charge < -0.3 is 13.9 Å². The molecule has 7 heteroatoms. The molecule has 0 fully saturated rings. The quantitative estimate of drug-likeness (QED) is 0.277. The standard InChI is InChI=1S/C26H25BrN2O4/c1-26(2,3)29(25(30)33-16-18-7-5-4-6-8-18)22-13-19(14-24-20(22)10-12-31-24)17-32-23-9-11-28-15-21(23)27/h4-15H,16-17H2,1-3H3. The second-order valence-electron chi connectivity index (χ2n) is 8.59. The molecule has 0 aliphatic carbocycles. The van der Waals surface area contributed by atoms with E-state index in [0.717, 1.165) is 21.0 Å². The van der Waals surface area contributed by atoms with Gasteiger partial charge in [-0.25, -0.2) is 4.79 Å². The van der Waals surface area contributed by atoms with Gasteiger partial charge in [0.25, 0.3) is 0 Å². The van der Waals surface area contributed by atoms with Gasteiger partial charge in [0.2, 0.25) is 0 Å². The fourth-order valence-electron chi connectivity index (χ4n) is 3.53. The Morgan fingerprint density at radius 2 is 1.85 bits per heavy atom. The Kier molecular flexibility index (Phi) is 6.70. The Morgan fingerprint density at radius 3 is 2.58 bits per heavy atom. The molecule has 0 spiro atoms. The van der Waals surface area contributed by atoms with Crippen molar-refractivity contribution in [2.45, 2.75) is 39.5 Å². The lowest BCUT2D eigenvalue weighted by atomic mass is 10.0. The lowest BCUT2D eigenvalue weighted by Crippen LogP contribution is -2.46. The minimum Gasteiger partial charge on any atom is -0.488 e. The van der Waals surface area contributed by atoms with Crippen molar-refractivity contribution in [3.05, 3.63) is 88.9 Å². The molecule has 4 rings (SSSR count). The lowest BCUT2D eigenvalue weighted by Gasteiger charge is -2.35. The number of ether oxygens (including phenoxy) is 2. The molecule has 0 bridgehead atoms. The van der Waals surface area contributed by atoms with Gasteiger partial charge in [-0.1, -0.05) is 30.3 Å². The highest BCUT2D eigenvalue weighted by Gasteiger charge is 2.31. The molecule has 0 radical (unpaired) electrons. The van der Waals surface area contributed by atoms with E-state index in [-0.39, 0.29) is 6.61 Å². The second-order valence-corrected chi connectivity index (χ2v) is 9.44. The summed E-state index contributed by atoms with van der Waals surface area (Å²) < 4.78 is 18.1. The van der Waals surface area contributed by atoms with Crippen LogP contribution in [0.15, 0.2) is 82.1 Å². The van der Waals surface area contributed by atoms with Crippen molar-refractivity contribution in [1.82, 2.24) is 4.98 Å². The molecule has 0 saturated carbocycles. The van der Waals surface area contributed by atoms with E-state index in [1.165, 1.54) is 0 Å². The summed E-state index contributed by atoms with van der Waals surface area (Å²) in [5.74, 6) is 0.682. The summed E-state index contributed by atoms with van der Waals surface area (Å²) in [4.78, 5) is 19.0. The molecule has 0 N–H and O–H groups in total. The number of hydrogen-bond donors (Lipinski definition) is 0. The molecule has 4 aromatic rings. The van der Waals surface area contributed by atoms with Crippen LogP contribution >= 0.6 is 15.9 Å². The fraction of sp³-hybridized carbons (Fsp3) is 0.231. The van der Waals surface area contributed by atoms with Crippen molar-refractivity contribution in [3.8, 4) is 5.75 Å². The topological polar surface area (TPSA) is 64.8 Å². The van der Waals surface area contributed by atoms with Crippen molar-refractivity contribution in [2.75, 3.05) is 4.90 Å². The molecule has 1 amide bonds. The first kappa shape index (κ1) is 22.9. The van der Waals surface area contributed by atoms with E-state index in [1.807, 2.05) is 69.3 Å². The first-order valence-electron chi connectivity index (χ1n) is 10.6. The van der Waals surface area contributed by atoms with Crippen molar-refractivity contribution in [2.24, 2.45) is 0 Å². The molecule has 2 heterocycles. The highest BCUT2D eigenvalue weighted by molar-refractivity contribution is 9.10. The monoisotopic (exact) mass is 508 g/mol. The number of benzene rings is 2. The predicted octanol–water partition coefficient (Wildman–Crippen LogP) is 7.11. The van der Waals surface area contributed by atoms with Gasteiger partial charge in [-0.2, -0.15) is 0 Å². The number of pyridine rings is 1. The smallest absolute Gasteiger partial charge is 0.415 e. The predicted molar refractivity (Wildman–Crippen MR) is 131 cm³/mol. The average Bonchev–Trinajstić information content (AvgIpc) is 3.26. The van der Waals surface area contributed by atoms with Gasteiger partial charge in [0.1, 0.15) is 24.5 Å². The number of hydrogen-bond acceptors (Lipinski definition) is 5. The minimum atomic E-state index is -0.536. The van der Waals surface area contributed by atoms with E-state index >= 15 is 0 Å². The Bertz CT molecular complexity index is 1250. The van der Waals surface area contributed by atoms with E-state index in [1.54, 1.807) is 29.6 Å². The number of fused-ring (bicyclic) bond motifs is 1. The zero-order valence-corrected chi connectivity index (χ0v) is 20.3. The maximum absolute atomic E-state index is 13.3. The largest absolute Gasteiger partial charge is 0.488 e. The van der Waals surface area contributed by atoms with Crippen molar-refractivity contribution < 1.29 is 18.7 Å². The Balaban J connectivity index is 1.64. The summed E-state index contributed by atoms with van der Waals surface area (Å²) in [6.07, 6.45) is 4.55. The molecule has 0 aliphatic heterocycles. The van der Waals surface area contributed by atoms with Gasteiger partial charge in [0.05, 0.1) is 16.4 Å². The number of anilines is 1. The number of carbonyl (C=O) groups is 1. The van der Waals surface area contributed by atoms with Crippen LogP contribution in [0.3, 0.4) is 0 Å². The number of aromatic nitrogens is 1. The highest BCUT2D eigenvalue weighted by Crippen LogP contribution is 2.35. The first-order valence-corrected chi connectivity index (χ1v) is 11.4. The summed E-state index contributed by atoms with van der Waals surface area (Å²) >= 11 is 3.45. The number of amides is 1. The second kappa shape index (κ2) is 9.67. The van der Waals surface area contributed by atoms with E-state index < -0.39 is 11.6 Å². The van der Waals surface area contributed by atoms with Crippen LogP contribution in [0.2, 0.25) is 0 Å². The number of nitrogens with zero attached hydrogens (tertiary/aromatic N) is 2. The maximum atomic E-state index is 13.3. The molecule has 2 aromatic heterocycles. The normalized spacial score (nSPS) is 11.4. The van der Waals surface area contributed by atoms with Gasteiger partial charge in [-0.3, -0.25) is 9.88 Å². The fourth-order valence-corrected chi connectivity index (χ4v) is 3.90. The molecular formula is C26H25BrN2O4. The summed E-state index contributed by atoms with van der Waals surface area (Å²) in [5.41, 5.74) is 2.63. The van der Waals surface area contributed by atoms with Crippen LogP contribution in [0, 0.1) is 0 Å². The van der Waals surface area contributed by atoms with Crippen LogP contribution < -0.4 is 9.64 Å². The average molecular weight is 509 g/mol. The Morgan fingerprint density at radius 1 is 1.06 bits per heavy atom. The minimum absolute atomic E-state index is 0.194. The van der Waals surface area contributed by atoms with Gasteiger partial charge in [0.15, 0.2) is 0 Å². The third-order valence-electron chi connectivity index (χ3n) is 5.04. The van der Waals surface area contributed by atoms with Gasteiger partial charge in [-0.15, -0.1) is 0 Å². The van der Waals surface area contributed by atoms with Gasteiger partial charge in [0, 0.05) is 23.3 Å². The summed E-state index contributed by atoms with van der Waals surface area (Å²) in [6, 6.07) is 17.1. The molecule has 0 saturated heterocycles. The highest BCUT2D eigenvalue weighted by atomic mass is 79.9. The SMILES string of the molecule is CC(C)(C)N(C(=O)OCc1ccccc1)c1cc(COc2ccncc2Br)cc2occc12. The zero-order chi connectivity index (χ0) is 23.4. The number of furan rings is 1. The zero-order valence-electron chi connectivity index (χ0n) is 18.7. The van der Waals surface area contributed by atoms with Gasteiger partial charge in [-0.05, 0) is 72.1 Å². The van der Waals surface area contributed by atoms with E-state index in [0.29, 0.717) is 23.6 Å². The van der Waals surface area contributed by atoms with E-state index in [2.05, 4.69) is 20.9 Å². The molecule has 6 nitrogen and oxygen atoms in total. The number of rotatable bonds is 6. The van der Waals surface area contributed by atoms with Crippen LogP contribution in [-0.2, 0) is 18.0 Å². The third-order valence-corrected chi connectivity index (χ3v) is 5.63. The van der Waals surface area contributed by atoms with E-state index in [4.69, 9.17) is 13.9 Å². The first-order chi connectivity index (χ1) is 15.8. The number of halogens is 1. The molecular weight excluding hydrogens is 484 g/mol. The molecule has 0 unspecified atom stereocenters. The lowest BCUT2D eigenvalue weighted by molar-refractivity contribution is 0.142. The molecule has 0 atom stereocenters. The van der Waals surface area contributed by atoms with Crippen molar-refractivity contribution in [3.63, 3.8) is 0 Å². The van der Waals surface area contributed by atoms with Crippen LogP contribution in [0.5, 0.6) is 5.75 Å². The van der Waals surface area contributed by atoms with Crippen LogP contribution in [-0.4, -0.2) is 16.6 Å². The maximum Gasteiger partial charge on any atom is 0.415 e. The van der Waals surface area contributed by atoms with Crippen molar-refractivity contribution in [1.29, 1.82) is 0 Å². The van der Waals surface area contributed by atoms with Crippen molar-refractivity contribution >= 4 is 38.7 Å². The molecule has 170 valence electrons. The Labute approximate surface area is 201 Å². The molecule has 2 aromatic carbocycles. The third kappa shape index (κ3) is 5.37. The van der Waals surface area contributed by atoms with Crippen LogP contribution in [0.25, 0.3) is 11.0 Å². The van der Waals surface area contributed by atoms with Crippen LogP contribution in [0.1, 0.15) is 31.9 Å². The van der Waals surface area contributed by atoms with Crippen LogP contribution in [0.4, 0.5) is 10.5 Å². The summed E-state index contributed by atoms with van der Waals surface area (Å²) in [5, 5.41) is 0.829.